The molecule has 1 aromatic rings. The minimum absolute atomic E-state index is 0.120. The molecule has 0 saturated carbocycles. The summed E-state index contributed by atoms with van der Waals surface area (Å²) in [5.74, 6) is 0.120. The highest BCUT2D eigenvalue weighted by molar-refractivity contribution is 5.94. The van der Waals surface area contributed by atoms with Gasteiger partial charge in [-0.05, 0) is 37.9 Å². The summed E-state index contributed by atoms with van der Waals surface area (Å²) in [6, 6.07) is 4.63. The van der Waals surface area contributed by atoms with Crippen molar-refractivity contribution in [3.8, 4) is 0 Å². The lowest BCUT2D eigenvalue weighted by atomic mass is 10.2. The summed E-state index contributed by atoms with van der Waals surface area (Å²) in [7, 11) is 0. The molecule has 2 aliphatic rings. The lowest BCUT2D eigenvalue weighted by molar-refractivity contribution is 0.0983. The highest BCUT2D eigenvalue weighted by Gasteiger charge is 2.28. The van der Waals surface area contributed by atoms with E-state index in [9.17, 15) is 4.79 Å². The van der Waals surface area contributed by atoms with Gasteiger partial charge in [-0.3, -0.25) is 14.7 Å². The molecule has 108 valence electrons. The predicted molar refractivity (Wildman–Crippen MR) is 80.3 cm³/mol. The van der Waals surface area contributed by atoms with Gasteiger partial charge in [0.2, 0.25) is 0 Å². The first-order valence-electron chi connectivity index (χ1n) is 7.76. The molecule has 3 rings (SSSR count). The predicted octanol–water partition coefficient (Wildman–Crippen LogP) is 2.35. The number of ketones is 1. The largest absolute Gasteiger partial charge is 0.369 e. The molecule has 2 fully saturated rings. The number of hydrogen-bond donors (Lipinski definition) is 0. The second kappa shape index (κ2) is 5.92. The average molecular weight is 273 g/mol. The first-order chi connectivity index (χ1) is 9.78. The van der Waals surface area contributed by atoms with Crippen molar-refractivity contribution in [1.82, 2.24) is 9.88 Å². The van der Waals surface area contributed by atoms with E-state index in [0.717, 1.165) is 18.8 Å². The number of pyridine rings is 1. The van der Waals surface area contributed by atoms with Crippen LogP contribution in [0.1, 0.15) is 43.1 Å². The molecule has 0 bridgehead atoms. The van der Waals surface area contributed by atoms with Crippen LogP contribution in [-0.4, -0.2) is 47.9 Å². The molecular formula is C16H23N3O. The smallest absolute Gasteiger partial charge is 0.180 e. The van der Waals surface area contributed by atoms with Crippen LogP contribution < -0.4 is 4.90 Å². The summed E-state index contributed by atoms with van der Waals surface area (Å²) in [4.78, 5) is 21.0. The Hall–Kier alpha value is -1.42. The molecule has 1 unspecified atom stereocenters. The number of fused-ring (bicyclic) bond motifs is 1. The minimum Gasteiger partial charge on any atom is -0.369 e. The Kier molecular flexibility index (Phi) is 4.01. The Morgan fingerprint density at radius 2 is 2.15 bits per heavy atom. The van der Waals surface area contributed by atoms with Crippen molar-refractivity contribution in [2.75, 3.05) is 31.1 Å². The van der Waals surface area contributed by atoms with Crippen molar-refractivity contribution in [3.63, 3.8) is 0 Å². The van der Waals surface area contributed by atoms with Gasteiger partial charge in [0.05, 0.1) is 11.9 Å². The SMILES string of the molecule is CCC(=O)c1ccc(N2CCCN3CCCC3C2)cn1. The van der Waals surface area contributed by atoms with Crippen LogP contribution in [0.4, 0.5) is 5.69 Å². The minimum atomic E-state index is 0.120. The van der Waals surface area contributed by atoms with E-state index < -0.39 is 0 Å². The van der Waals surface area contributed by atoms with Crippen LogP contribution >= 0.6 is 0 Å². The van der Waals surface area contributed by atoms with Crippen molar-refractivity contribution in [2.24, 2.45) is 0 Å². The van der Waals surface area contributed by atoms with E-state index >= 15 is 0 Å². The number of carbonyl (C=O) groups excluding carboxylic acids is 1. The molecule has 1 aromatic heterocycles. The van der Waals surface area contributed by atoms with Gasteiger partial charge >= 0.3 is 0 Å². The second-order valence-electron chi connectivity index (χ2n) is 5.81. The maximum Gasteiger partial charge on any atom is 0.180 e. The van der Waals surface area contributed by atoms with Gasteiger partial charge in [-0.1, -0.05) is 6.92 Å². The Balaban J connectivity index is 1.73. The standard InChI is InChI=1S/C16H23N3O/c1-2-16(20)15-7-6-13(11-17-15)19-10-4-9-18-8-3-5-14(18)12-19/h6-7,11,14H,2-5,8-10,12H2,1H3. The fraction of sp³-hybridized carbons (Fsp3) is 0.625. The number of anilines is 1. The summed E-state index contributed by atoms with van der Waals surface area (Å²) in [5, 5.41) is 0. The zero-order chi connectivity index (χ0) is 13.9. The number of rotatable bonds is 3. The summed E-state index contributed by atoms with van der Waals surface area (Å²) in [6.07, 6.45) is 6.25. The van der Waals surface area contributed by atoms with Crippen LogP contribution in [0.25, 0.3) is 0 Å². The lowest BCUT2D eigenvalue weighted by Gasteiger charge is -2.27. The van der Waals surface area contributed by atoms with Crippen LogP contribution in [0.2, 0.25) is 0 Å². The molecule has 0 aliphatic carbocycles. The van der Waals surface area contributed by atoms with Crippen LogP contribution in [-0.2, 0) is 0 Å². The van der Waals surface area contributed by atoms with Crippen LogP contribution in [0.15, 0.2) is 18.3 Å². The molecule has 4 nitrogen and oxygen atoms in total. The Morgan fingerprint density at radius 3 is 2.90 bits per heavy atom. The summed E-state index contributed by atoms with van der Waals surface area (Å²) < 4.78 is 0. The fourth-order valence-electron chi connectivity index (χ4n) is 3.36. The van der Waals surface area contributed by atoms with Crippen LogP contribution in [0.5, 0.6) is 0 Å². The van der Waals surface area contributed by atoms with E-state index in [-0.39, 0.29) is 5.78 Å². The van der Waals surface area contributed by atoms with Gasteiger partial charge < -0.3 is 4.90 Å². The maximum absolute atomic E-state index is 11.6. The highest BCUT2D eigenvalue weighted by Crippen LogP contribution is 2.24. The van der Waals surface area contributed by atoms with Gasteiger partial charge in [-0.25, -0.2) is 0 Å². The fourth-order valence-corrected chi connectivity index (χ4v) is 3.36. The first-order valence-corrected chi connectivity index (χ1v) is 7.76. The molecule has 1 atom stereocenters. The monoisotopic (exact) mass is 273 g/mol. The number of nitrogens with zero attached hydrogens (tertiary/aromatic N) is 3. The van der Waals surface area contributed by atoms with E-state index in [4.69, 9.17) is 0 Å². The molecule has 2 aliphatic heterocycles. The normalized spacial score (nSPS) is 23.4. The number of Topliss-reactive ketones (excluding diaryl/α,β-unsaturated/α-hetero) is 1. The Morgan fingerprint density at radius 1 is 1.30 bits per heavy atom. The van der Waals surface area contributed by atoms with Gasteiger partial charge in [0, 0.05) is 32.1 Å². The van der Waals surface area contributed by atoms with Gasteiger partial charge in [0.1, 0.15) is 5.69 Å². The summed E-state index contributed by atoms with van der Waals surface area (Å²) in [6.45, 7) is 6.56. The van der Waals surface area contributed by atoms with E-state index in [1.54, 1.807) is 0 Å². The van der Waals surface area contributed by atoms with Crippen molar-refractivity contribution in [3.05, 3.63) is 24.0 Å². The average Bonchev–Trinajstić information content (AvgIpc) is 2.83. The number of hydrogen-bond acceptors (Lipinski definition) is 4. The molecule has 20 heavy (non-hydrogen) atoms. The van der Waals surface area contributed by atoms with Crippen molar-refractivity contribution in [1.29, 1.82) is 0 Å². The van der Waals surface area contributed by atoms with E-state index in [0.29, 0.717) is 18.2 Å². The molecule has 0 radical (unpaired) electrons. The molecule has 4 heteroatoms. The summed E-state index contributed by atoms with van der Waals surface area (Å²) >= 11 is 0. The Bertz CT molecular complexity index is 471. The number of aromatic nitrogens is 1. The highest BCUT2D eigenvalue weighted by atomic mass is 16.1. The van der Waals surface area contributed by atoms with Crippen LogP contribution in [0.3, 0.4) is 0 Å². The Labute approximate surface area is 120 Å². The zero-order valence-electron chi connectivity index (χ0n) is 12.2. The van der Waals surface area contributed by atoms with Gasteiger partial charge in [-0.2, -0.15) is 0 Å². The molecule has 0 N–H and O–H groups in total. The third kappa shape index (κ3) is 2.70. The van der Waals surface area contributed by atoms with Crippen molar-refractivity contribution < 1.29 is 4.79 Å². The van der Waals surface area contributed by atoms with Gasteiger partial charge in [0.15, 0.2) is 5.78 Å². The third-order valence-electron chi connectivity index (χ3n) is 4.52. The van der Waals surface area contributed by atoms with Gasteiger partial charge in [0.25, 0.3) is 0 Å². The van der Waals surface area contributed by atoms with Gasteiger partial charge in [-0.15, -0.1) is 0 Å². The van der Waals surface area contributed by atoms with Crippen molar-refractivity contribution in [2.45, 2.75) is 38.6 Å². The van der Waals surface area contributed by atoms with Crippen molar-refractivity contribution >= 4 is 11.5 Å². The summed E-state index contributed by atoms with van der Waals surface area (Å²) in [5.41, 5.74) is 1.75. The topological polar surface area (TPSA) is 36.4 Å². The molecule has 2 saturated heterocycles. The molecule has 3 heterocycles. The van der Waals surface area contributed by atoms with E-state index in [2.05, 4.69) is 20.9 Å². The molecule has 0 spiro atoms. The van der Waals surface area contributed by atoms with E-state index in [1.807, 2.05) is 19.2 Å². The first kappa shape index (κ1) is 13.6. The zero-order valence-corrected chi connectivity index (χ0v) is 12.2. The van der Waals surface area contributed by atoms with E-state index in [1.165, 1.54) is 32.4 Å². The third-order valence-corrected chi connectivity index (χ3v) is 4.52. The van der Waals surface area contributed by atoms with Crippen LogP contribution in [0, 0.1) is 0 Å². The molecule has 0 aromatic carbocycles. The maximum atomic E-state index is 11.6. The molecule has 0 amide bonds. The number of carbonyl (C=O) groups is 1. The molecular weight excluding hydrogens is 250 g/mol. The second-order valence-corrected chi connectivity index (χ2v) is 5.81. The lowest BCUT2D eigenvalue weighted by Crippen LogP contribution is -2.36. The quantitative estimate of drug-likeness (QED) is 0.792.